The third-order valence-electron chi connectivity index (χ3n) is 1.27. The maximum Gasteiger partial charge on any atom is 0.243 e. The van der Waals surface area contributed by atoms with Gasteiger partial charge in [0, 0.05) is 12.1 Å². The Morgan fingerprint density at radius 3 is 1.92 bits per heavy atom. The van der Waals surface area contributed by atoms with Crippen molar-refractivity contribution in [1.29, 1.82) is 0 Å². The number of hydrogen-bond donors (Lipinski definition) is 2. The maximum absolute atomic E-state index is 12.7. The first-order chi connectivity index (χ1) is 5.82. The molecule has 13 heavy (non-hydrogen) atoms. The Kier molecular flexibility index (Phi) is 2.22. The van der Waals surface area contributed by atoms with Crippen LogP contribution in [0, 0.1) is 11.6 Å². The van der Waals surface area contributed by atoms with E-state index in [9.17, 15) is 17.2 Å². The number of halogens is 2. The molecule has 0 heterocycles. The van der Waals surface area contributed by atoms with Crippen molar-refractivity contribution in [3.8, 4) is 5.75 Å². The quantitative estimate of drug-likeness (QED) is 0.698. The first-order valence-electron chi connectivity index (χ1n) is 3.03. The number of benzene rings is 1. The lowest BCUT2D eigenvalue weighted by molar-refractivity contribution is 0.450. The summed E-state index contributed by atoms with van der Waals surface area (Å²) < 4.78 is 46.7. The predicted octanol–water partition coefficient (Wildman–Crippen LogP) is 0.318. The molecule has 3 N–H and O–H groups in total. The van der Waals surface area contributed by atoms with Gasteiger partial charge in [0.15, 0.2) is 4.90 Å². The standard InChI is InChI=1S/C6H5F2NO3S/c7-4-1-3(10)2-5(8)6(4)13(9,11)12/h1-2,10H,(H2,9,11,12). The molecule has 7 heteroatoms. The molecule has 0 saturated carbocycles. The van der Waals surface area contributed by atoms with E-state index in [4.69, 9.17) is 5.11 Å². The molecule has 72 valence electrons. The second-order valence-electron chi connectivity index (χ2n) is 2.28. The van der Waals surface area contributed by atoms with Crippen molar-refractivity contribution < 1.29 is 22.3 Å². The highest BCUT2D eigenvalue weighted by atomic mass is 32.2. The third-order valence-corrected chi connectivity index (χ3v) is 2.23. The molecule has 0 aliphatic rings. The summed E-state index contributed by atoms with van der Waals surface area (Å²) >= 11 is 0. The summed E-state index contributed by atoms with van der Waals surface area (Å²) in [6.07, 6.45) is 0. The van der Waals surface area contributed by atoms with Gasteiger partial charge >= 0.3 is 0 Å². The van der Waals surface area contributed by atoms with Crippen molar-refractivity contribution in [2.75, 3.05) is 0 Å². The highest BCUT2D eigenvalue weighted by Crippen LogP contribution is 2.22. The van der Waals surface area contributed by atoms with Crippen LogP contribution in [-0.2, 0) is 10.0 Å². The summed E-state index contributed by atoms with van der Waals surface area (Å²) in [5.41, 5.74) is 0. The Hall–Kier alpha value is -1.21. The molecule has 0 amide bonds. The van der Waals surface area contributed by atoms with Gasteiger partial charge in [0.2, 0.25) is 10.0 Å². The van der Waals surface area contributed by atoms with E-state index in [0.717, 1.165) is 0 Å². The minimum absolute atomic E-state index is 0.461. The molecular formula is C6H5F2NO3S. The Labute approximate surface area is 72.7 Å². The van der Waals surface area contributed by atoms with Crippen LogP contribution in [-0.4, -0.2) is 13.5 Å². The van der Waals surface area contributed by atoms with Crippen molar-refractivity contribution in [2.45, 2.75) is 4.90 Å². The summed E-state index contributed by atoms with van der Waals surface area (Å²) in [7, 11) is -4.44. The molecule has 1 aromatic rings. The van der Waals surface area contributed by atoms with Gasteiger partial charge in [-0.2, -0.15) is 0 Å². The first kappa shape index (κ1) is 9.87. The van der Waals surface area contributed by atoms with E-state index in [-0.39, 0.29) is 0 Å². The van der Waals surface area contributed by atoms with Crippen LogP contribution < -0.4 is 5.14 Å². The Balaban J connectivity index is 3.57. The molecule has 0 spiro atoms. The zero-order valence-corrected chi connectivity index (χ0v) is 6.98. The number of rotatable bonds is 1. The number of nitrogens with two attached hydrogens (primary N) is 1. The number of hydrogen-bond acceptors (Lipinski definition) is 3. The van der Waals surface area contributed by atoms with Crippen LogP contribution in [0.4, 0.5) is 8.78 Å². The highest BCUT2D eigenvalue weighted by molar-refractivity contribution is 7.89. The van der Waals surface area contributed by atoms with Crippen LogP contribution in [0.1, 0.15) is 0 Å². The van der Waals surface area contributed by atoms with Crippen LogP contribution in [0.25, 0.3) is 0 Å². The molecule has 0 saturated heterocycles. The predicted molar refractivity (Wildman–Crippen MR) is 39.4 cm³/mol. The van der Waals surface area contributed by atoms with E-state index in [0.29, 0.717) is 12.1 Å². The molecule has 0 aliphatic carbocycles. The van der Waals surface area contributed by atoms with E-state index >= 15 is 0 Å². The Bertz CT molecular complexity index is 420. The summed E-state index contributed by atoms with van der Waals surface area (Å²) in [5.74, 6) is -3.54. The zero-order valence-electron chi connectivity index (χ0n) is 6.16. The van der Waals surface area contributed by atoms with Gasteiger partial charge in [0.1, 0.15) is 17.4 Å². The van der Waals surface area contributed by atoms with Crippen LogP contribution in [0.2, 0.25) is 0 Å². The second-order valence-corrected chi connectivity index (χ2v) is 3.78. The van der Waals surface area contributed by atoms with E-state index in [1.165, 1.54) is 0 Å². The van der Waals surface area contributed by atoms with E-state index in [2.05, 4.69) is 5.14 Å². The third kappa shape index (κ3) is 1.93. The minimum atomic E-state index is -4.44. The molecule has 0 bridgehead atoms. The Morgan fingerprint density at radius 1 is 1.23 bits per heavy atom. The number of aromatic hydroxyl groups is 1. The van der Waals surface area contributed by atoms with Gasteiger partial charge in [0.25, 0.3) is 0 Å². The van der Waals surface area contributed by atoms with E-state index in [1.807, 2.05) is 0 Å². The zero-order chi connectivity index (χ0) is 10.2. The highest BCUT2D eigenvalue weighted by Gasteiger charge is 2.20. The average Bonchev–Trinajstić information content (AvgIpc) is 1.78. The Morgan fingerprint density at radius 2 is 1.62 bits per heavy atom. The SMILES string of the molecule is NS(=O)(=O)c1c(F)cc(O)cc1F. The normalized spacial score (nSPS) is 11.6. The fourth-order valence-electron chi connectivity index (χ4n) is 0.818. The van der Waals surface area contributed by atoms with E-state index < -0.39 is 32.3 Å². The van der Waals surface area contributed by atoms with Crippen molar-refractivity contribution >= 4 is 10.0 Å². The molecular weight excluding hydrogens is 204 g/mol. The molecule has 0 aromatic heterocycles. The summed E-state index contributed by atoms with van der Waals surface area (Å²) in [5, 5.41) is 13.2. The summed E-state index contributed by atoms with van der Waals surface area (Å²) in [6.45, 7) is 0. The largest absolute Gasteiger partial charge is 0.508 e. The van der Waals surface area contributed by atoms with E-state index in [1.54, 1.807) is 0 Å². The maximum atomic E-state index is 12.7. The van der Waals surface area contributed by atoms with Crippen molar-refractivity contribution in [3.05, 3.63) is 23.8 Å². The monoisotopic (exact) mass is 209 g/mol. The fraction of sp³-hybridized carbons (Fsp3) is 0. The van der Waals surface area contributed by atoms with Gasteiger partial charge < -0.3 is 5.11 Å². The molecule has 1 aromatic carbocycles. The molecule has 4 nitrogen and oxygen atoms in total. The molecule has 0 radical (unpaired) electrons. The van der Waals surface area contributed by atoms with Gasteiger partial charge in [0.05, 0.1) is 0 Å². The van der Waals surface area contributed by atoms with Gasteiger partial charge in [-0.05, 0) is 0 Å². The van der Waals surface area contributed by atoms with Gasteiger partial charge in [-0.25, -0.2) is 22.3 Å². The fourth-order valence-corrected chi connectivity index (χ4v) is 1.48. The molecule has 0 fully saturated rings. The topological polar surface area (TPSA) is 80.4 Å². The van der Waals surface area contributed by atoms with Gasteiger partial charge in [-0.15, -0.1) is 0 Å². The average molecular weight is 209 g/mol. The number of phenolic OH excluding ortho intramolecular Hbond substituents is 1. The van der Waals surface area contributed by atoms with Crippen molar-refractivity contribution in [3.63, 3.8) is 0 Å². The summed E-state index contributed by atoms with van der Waals surface area (Å²) in [4.78, 5) is -1.25. The molecule has 0 aliphatic heterocycles. The lowest BCUT2D eigenvalue weighted by Gasteiger charge is -2.02. The number of primary sulfonamides is 1. The van der Waals surface area contributed by atoms with Crippen molar-refractivity contribution in [1.82, 2.24) is 0 Å². The number of phenols is 1. The lowest BCUT2D eigenvalue weighted by Crippen LogP contribution is -2.15. The minimum Gasteiger partial charge on any atom is -0.508 e. The van der Waals surface area contributed by atoms with Gasteiger partial charge in [-0.3, -0.25) is 0 Å². The van der Waals surface area contributed by atoms with Crippen LogP contribution in [0.15, 0.2) is 17.0 Å². The molecule has 0 atom stereocenters. The number of sulfonamides is 1. The second kappa shape index (κ2) is 2.93. The smallest absolute Gasteiger partial charge is 0.243 e. The van der Waals surface area contributed by atoms with Crippen LogP contribution in [0.3, 0.4) is 0 Å². The lowest BCUT2D eigenvalue weighted by atomic mass is 10.3. The summed E-state index contributed by atoms with van der Waals surface area (Å²) in [6, 6.07) is 0.922. The molecule has 0 unspecified atom stereocenters. The first-order valence-corrected chi connectivity index (χ1v) is 4.58. The van der Waals surface area contributed by atoms with Crippen LogP contribution >= 0.6 is 0 Å². The molecule has 1 rings (SSSR count). The van der Waals surface area contributed by atoms with Crippen molar-refractivity contribution in [2.24, 2.45) is 5.14 Å². The van der Waals surface area contributed by atoms with Crippen LogP contribution in [0.5, 0.6) is 5.75 Å². The van der Waals surface area contributed by atoms with Gasteiger partial charge in [-0.1, -0.05) is 0 Å².